The van der Waals surface area contributed by atoms with Crippen LogP contribution in [0, 0.1) is 0 Å². The van der Waals surface area contributed by atoms with Crippen LogP contribution in [0.5, 0.6) is 0 Å². The monoisotopic (exact) mass is 225 g/mol. The molecule has 0 spiro atoms. The molecule has 0 unspecified atom stereocenters. The normalized spacial score (nSPS) is 33.6. The van der Waals surface area contributed by atoms with Crippen molar-refractivity contribution >= 4 is 5.91 Å². The molecule has 0 radical (unpaired) electrons. The highest BCUT2D eigenvalue weighted by Gasteiger charge is 2.42. The molecule has 0 bridgehead atoms. The van der Waals surface area contributed by atoms with Crippen LogP contribution >= 0.6 is 0 Å². The van der Waals surface area contributed by atoms with E-state index in [1.807, 2.05) is 0 Å². The lowest BCUT2D eigenvalue weighted by atomic mass is 9.88. The predicted molar refractivity (Wildman–Crippen MR) is 65.0 cm³/mol. The molecule has 2 atom stereocenters. The van der Waals surface area contributed by atoms with E-state index in [0.717, 1.165) is 0 Å². The summed E-state index contributed by atoms with van der Waals surface area (Å²) in [6, 6.07) is 1.09. The van der Waals surface area contributed by atoms with Crippen LogP contribution in [-0.2, 0) is 4.79 Å². The van der Waals surface area contributed by atoms with Gasteiger partial charge >= 0.3 is 0 Å². The molecule has 0 aromatic carbocycles. The predicted octanol–water partition coefficient (Wildman–Crippen LogP) is 1.67. The van der Waals surface area contributed by atoms with Crippen LogP contribution in [0.25, 0.3) is 0 Å². The van der Waals surface area contributed by atoms with Crippen molar-refractivity contribution in [2.45, 2.75) is 57.5 Å². The Labute approximate surface area is 98.8 Å². The SMILES string of the molecule is CC(=O)N[C@@H]1CCCC[C@H]1[N+]1(C)CCCC1. The van der Waals surface area contributed by atoms with Crippen molar-refractivity contribution in [1.82, 2.24) is 5.32 Å². The molecule has 2 aliphatic rings. The minimum atomic E-state index is 0.141. The fraction of sp³-hybridized carbons (Fsp3) is 0.923. The topological polar surface area (TPSA) is 29.1 Å². The Kier molecular flexibility index (Phi) is 3.53. The van der Waals surface area contributed by atoms with Gasteiger partial charge in [-0.05, 0) is 12.8 Å². The standard InChI is InChI=1S/C13H24N2O/c1-11(16)14-12-7-3-4-8-13(12)15(2)9-5-6-10-15/h12-13H,3-10H2,1-2H3/p+1/t12-,13-/m1/s1. The van der Waals surface area contributed by atoms with Crippen molar-refractivity contribution in [1.29, 1.82) is 0 Å². The molecular formula is C13H25N2O+. The van der Waals surface area contributed by atoms with E-state index in [1.165, 1.54) is 56.1 Å². The maximum atomic E-state index is 11.3. The summed E-state index contributed by atoms with van der Waals surface area (Å²) in [4.78, 5) is 11.3. The molecule has 16 heavy (non-hydrogen) atoms. The first kappa shape index (κ1) is 11.9. The third-order valence-corrected chi connectivity index (χ3v) is 4.51. The first-order chi connectivity index (χ1) is 7.62. The van der Waals surface area contributed by atoms with Crippen molar-refractivity contribution in [3.05, 3.63) is 0 Å². The third-order valence-electron chi connectivity index (χ3n) is 4.51. The molecule has 0 aromatic heterocycles. The molecule has 0 aromatic rings. The maximum Gasteiger partial charge on any atom is 0.217 e. The molecule has 92 valence electrons. The average molecular weight is 225 g/mol. The first-order valence-corrected chi connectivity index (χ1v) is 6.73. The van der Waals surface area contributed by atoms with E-state index >= 15 is 0 Å². The van der Waals surface area contributed by atoms with E-state index in [9.17, 15) is 4.79 Å². The summed E-state index contributed by atoms with van der Waals surface area (Å²) >= 11 is 0. The second kappa shape index (κ2) is 4.74. The van der Waals surface area contributed by atoms with Gasteiger partial charge in [-0.2, -0.15) is 0 Å². The number of quaternary nitrogens is 1. The molecule has 1 saturated heterocycles. The molecular weight excluding hydrogens is 200 g/mol. The molecule has 1 aliphatic carbocycles. The lowest BCUT2D eigenvalue weighted by Crippen LogP contribution is -2.60. The van der Waals surface area contributed by atoms with Crippen LogP contribution in [0.4, 0.5) is 0 Å². The molecule has 3 nitrogen and oxygen atoms in total. The summed E-state index contributed by atoms with van der Waals surface area (Å²) in [5.74, 6) is 0.141. The number of carbonyl (C=O) groups is 1. The van der Waals surface area contributed by atoms with Crippen molar-refractivity contribution in [3.8, 4) is 0 Å². The van der Waals surface area contributed by atoms with Crippen LogP contribution < -0.4 is 5.32 Å². The molecule has 1 amide bonds. The minimum absolute atomic E-state index is 0.141. The third kappa shape index (κ3) is 2.40. The largest absolute Gasteiger partial charge is 0.348 e. The van der Waals surface area contributed by atoms with Crippen molar-refractivity contribution in [2.24, 2.45) is 0 Å². The Bertz CT molecular complexity index is 259. The van der Waals surface area contributed by atoms with E-state index in [1.54, 1.807) is 6.92 Å². The zero-order valence-corrected chi connectivity index (χ0v) is 10.7. The molecule has 1 heterocycles. The van der Waals surface area contributed by atoms with Gasteiger partial charge < -0.3 is 9.80 Å². The zero-order valence-electron chi connectivity index (χ0n) is 10.7. The molecule has 1 aliphatic heterocycles. The highest BCUT2D eigenvalue weighted by atomic mass is 16.1. The average Bonchev–Trinajstić information content (AvgIpc) is 2.66. The Balaban J connectivity index is 2.06. The van der Waals surface area contributed by atoms with E-state index in [0.29, 0.717) is 12.1 Å². The zero-order chi connectivity index (χ0) is 11.6. The fourth-order valence-electron chi connectivity index (χ4n) is 3.68. The first-order valence-electron chi connectivity index (χ1n) is 6.73. The maximum absolute atomic E-state index is 11.3. The number of nitrogens with one attached hydrogen (secondary N) is 1. The van der Waals surface area contributed by atoms with Gasteiger partial charge in [-0.3, -0.25) is 4.79 Å². The van der Waals surface area contributed by atoms with Gasteiger partial charge in [-0.25, -0.2) is 0 Å². The number of amides is 1. The Hall–Kier alpha value is -0.570. The van der Waals surface area contributed by atoms with Crippen LogP contribution in [-0.4, -0.2) is 42.6 Å². The second-order valence-corrected chi connectivity index (χ2v) is 5.79. The lowest BCUT2D eigenvalue weighted by molar-refractivity contribution is -0.924. The molecule has 1 saturated carbocycles. The van der Waals surface area contributed by atoms with E-state index in [2.05, 4.69) is 12.4 Å². The summed E-state index contributed by atoms with van der Waals surface area (Å²) in [6.07, 6.45) is 7.81. The number of likely N-dealkylation sites (N-methyl/N-ethyl adjacent to an activating group) is 1. The smallest absolute Gasteiger partial charge is 0.217 e. The van der Waals surface area contributed by atoms with E-state index in [-0.39, 0.29) is 5.91 Å². The second-order valence-electron chi connectivity index (χ2n) is 5.79. The van der Waals surface area contributed by atoms with Gasteiger partial charge in [0.05, 0.1) is 26.2 Å². The van der Waals surface area contributed by atoms with Gasteiger partial charge in [0.1, 0.15) is 6.04 Å². The summed E-state index contributed by atoms with van der Waals surface area (Å²) in [5.41, 5.74) is 0. The Morgan fingerprint density at radius 2 is 1.75 bits per heavy atom. The molecule has 1 N–H and O–H groups in total. The van der Waals surface area contributed by atoms with E-state index < -0.39 is 0 Å². The molecule has 2 rings (SSSR count). The minimum Gasteiger partial charge on any atom is -0.348 e. The van der Waals surface area contributed by atoms with Crippen LogP contribution in [0.3, 0.4) is 0 Å². The number of nitrogens with zero attached hydrogens (tertiary/aromatic N) is 1. The number of hydrogen-bond donors (Lipinski definition) is 1. The number of carbonyl (C=O) groups excluding carboxylic acids is 1. The van der Waals surface area contributed by atoms with E-state index in [4.69, 9.17) is 0 Å². The van der Waals surface area contributed by atoms with Gasteiger partial charge in [-0.1, -0.05) is 6.42 Å². The highest BCUT2D eigenvalue weighted by molar-refractivity contribution is 5.73. The summed E-state index contributed by atoms with van der Waals surface area (Å²) in [5, 5.41) is 3.18. The van der Waals surface area contributed by atoms with Gasteiger partial charge in [0.2, 0.25) is 5.91 Å². The van der Waals surface area contributed by atoms with Crippen LogP contribution in [0.2, 0.25) is 0 Å². The van der Waals surface area contributed by atoms with Gasteiger partial charge in [0.25, 0.3) is 0 Å². The van der Waals surface area contributed by atoms with Crippen molar-refractivity contribution in [2.75, 3.05) is 20.1 Å². The number of likely N-dealkylation sites (tertiary alicyclic amines) is 1. The highest BCUT2D eigenvalue weighted by Crippen LogP contribution is 2.31. The van der Waals surface area contributed by atoms with Crippen LogP contribution in [0.1, 0.15) is 45.4 Å². The van der Waals surface area contributed by atoms with Gasteiger partial charge in [0.15, 0.2) is 0 Å². The lowest BCUT2D eigenvalue weighted by Gasteiger charge is -2.44. The summed E-state index contributed by atoms with van der Waals surface area (Å²) < 4.78 is 1.20. The summed E-state index contributed by atoms with van der Waals surface area (Å²) in [6.45, 7) is 4.26. The van der Waals surface area contributed by atoms with Crippen molar-refractivity contribution in [3.63, 3.8) is 0 Å². The van der Waals surface area contributed by atoms with Crippen molar-refractivity contribution < 1.29 is 9.28 Å². The van der Waals surface area contributed by atoms with Gasteiger partial charge in [-0.15, -0.1) is 0 Å². The Morgan fingerprint density at radius 3 is 2.38 bits per heavy atom. The molecule has 3 heteroatoms. The molecule has 2 fully saturated rings. The summed E-state index contributed by atoms with van der Waals surface area (Å²) in [7, 11) is 2.39. The number of rotatable bonds is 2. The number of hydrogen-bond acceptors (Lipinski definition) is 1. The van der Waals surface area contributed by atoms with Gasteiger partial charge in [0, 0.05) is 26.2 Å². The fourth-order valence-corrected chi connectivity index (χ4v) is 3.68. The quantitative estimate of drug-likeness (QED) is 0.712. The van der Waals surface area contributed by atoms with Crippen LogP contribution in [0.15, 0.2) is 0 Å². The Morgan fingerprint density at radius 1 is 1.12 bits per heavy atom.